The number of cyclic esters (lactones) is 1. The van der Waals surface area contributed by atoms with E-state index in [1.807, 2.05) is 0 Å². The minimum absolute atomic E-state index is 0.173. The molecule has 1 aliphatic carbocycles. The van der Waals surface area contributed by atoms with Crippen LogP contribution in [-0.4, -0.2) is 27.8 Å². The molecule has 0 unspecified atom stereocenters. The van der Waals surface area contributed by atoms with E-state index in [0.29, 0.717) is 24.0 Å². The Morgan fingerprint density at radius 2 is 2.14 bits per heavy atom. The number of anilines is 1. The van der Waals surface area contributed by atoms with E-state index in [1.165, 1.54) is 35.0 Å². The van der Waals surface area contributed by atoms with Crippen molar-refractivity contribution < 1.29 is 9.53 Å². The molecule has 4 rings (SSSR count). The van der Waals surface area contributed by atoms with Gasteiger partial charge in [0.1, 0.15) is 15.9 Å². The summed E-state index contributed by atoms with van der Waals surface area (Å²) in [6.45, 7) is 0.488. The van der Waals surface area contributed by atoms with E-state index in [2.05, 4.69) is 9.97 Å². The zero-order chi connectivity index (χ0) is 14.4. The molecule has 0 spiro atoms. The number of ether oxygens (including phenoxy) is 1. The molecule has 2 N–H and O–H groups in total. The van der Waals surface area contributed by atoms with Crippen LogP contribution in [-0.2, 0) is 22.4 Å². The van der Waals surface area contributed by atoms with Crippen LogP contribution < -0.4 is 5.73 Å². The fourth-order valence-corrected chi connectivity index (χ4v) is 5.18. The van der Waals surface area contributed by atoms with E-state index in [-0.39, 0.29) is 11.2 Å². The minimum Gasteiger partial charge on any atom is -0.465 e. The lowest BCUT2D eigenvalue weighted by Gasteiger charge is -2.11. The quantitative estimate of drug-likeness (QED) is 0.676. The first kappa shape index (κ1) is 13.3. The van der Waals surface area contributed by atoms with Crippen molar-refractivity contribution in [1.82, 2.24) is 9.97 Å². The molecule has 7 heteroatoms. The summed E-state index contributed by atoms with van der Waals surface area (Å²) in [4.78, 5) is 23.0. The van der Waals surface area contributed by atoms with Crippen LogP contribution in [0.5, 0.6) is 0 Å². The first-order chi connectivity index (χ1) is 10.2. The second-order valence-corrected chi connectivity index (χ2v) is 7.60. The molecular weight excluding hydrogens is 306 g/mol. The molecule has 1 aliphatic heterocycles. The van der Waals surface area contributed by atoms with E-state index >= 15 is 0 Å². The van der Waals surface area contributed by atoms with Gasteiger partial charge in [-0.1, -0.05) is 11.8 Å². The average Bonchev–Trinajstić information content (AvgIpc) is 3.02. The fraction of sp³-hybridized carbons (Fsp3) is 0.500. The van der Waals surface area contributed by atoms with Crippen LogP contribution in [0.2, 0.25) is 0 Å². The van der Waals surface area contributed by atoms with Crippen molar-refractivity contribution in [3.63, 3.8) is 0 Å². The monoisotopic (exact) mass is 321 g/mol. The Morgan fingerprint density at radius 3 is 2.95 bits per heavy atom. The van der Waals surface area contributed by atoms with Gasteiger partial charge < -0.3 is 10.5 Å². The topological polar surface area (TPSA) is 78.1 Å². The minimum atomic E-state index is -0.198. The van der Waals surface area contributed by atoms with E-state index in [0.717, 1.165) is 23.1 Å². The van der Waals surface area contributed by atoms with Crippen molar-refractivity contribution in [3.8, 4) is 0 Å². The first-order valence-electron chi connectivity index (χ1n) is 7.13. The molecule has 5 nitrogen and oxygen atoms in total. The first-order valence-corrected chi connectivity index (χ1v) is 8.83. The number of fused-ring (bicyclic) bond motifs is 3. The molecule has 2 aromatic heterocycles. The lowest BCUT2D eigenvalue weighted by atomic mass is 9.97. The molecule has 21 heavy (non-hydrogen) atoms. The lowest BCUT2D eigenvalue weighted by Crippen LogP contribution is -2.10. The zero-order valence-corrected chi connectivity index (χ0v) is 13.1. The molecule has 1 fully saturated rings. The third kappa shape index (κ3) is 2.28. The Morgan fingerprint density at radius 1 is 1.29 bits per heavy atom. The maximum Gasteiger partial charge on any atom is 0.319 e. The maximum absolute atomic E-state index is 11.6. The number of aromatic nitrogens is 2. The third-order valence-corrected chi connectivity index (χ3v) is 6.25. The summed E-state index contributed by atoms with van der Waals surface area (Å²) >= 11 is 3.09. The number of nitrogen functional groups attached to an aromatic ring is 1. The van der Waals surface area contributed by atoms with Gasteiger partial charge in [-0.2, -0.15) is 0 Å². The van der Waals surface area contributed by atoms with E-state index in [1.54, 1.807) is 11.3 Å². The molecule has 1 atom stereocenters. The van der Waals surface area contributed by atoms with Crippen LogP contribution in [0.3, 0.4) is 0 Å². The van der Waals surface area contributed by atoms with Crippen molar-refractivity contribution >= 4 is 45.1 Å². The zero-order valence-electron chi connectivity index (χ0n) is 11.4. The van der Waals surface area contributed by atoms with Gasteiger partial charge in [0, 0.05) is 11.3 Å². The summed E-state index contributed by atoms with van der Waals surface area (Å²) in [5, 5.41) is 1.42. The molecule has 2 aliphatic rings. The Labute approximate surface area is 130 Å². The van der Waals surface area contributed by atoms with E-state index in [4.69, 9.17) is 10.5 Å². The summed E-state index contributed by atoms with van der Waals surface area (Å²) in [6, 6.07) is 0. The molecule has 0 bridgehead atoms. The number of carbonyl (C=O) groups is 1. The van der Waals surface area contributed by atoms with Crippen LogP contribution in [0, 0.1) is 0 Å². The molecule has 3 heterocycles. The third-order valence-electron chi connectivity index (χ3n) is 3.96. The Hall–Kier alpha value is -1.34. The molecule has 2 aromatic rings. The van der Waals surface area contributed by atoms with Gasteiger partial charge in [-0.3, -0.25) is 4.79 Å². The number of hydrogen-bond acceptors (Lipinski definition) is 7. The highest BCUT2D eigenvalue weighted by atomic mass is 32.2. The molecular formula is C14H15N3O2S2. The number of aryl methyl sites for hydroxylation is 2. The number of hydrogen-bond donors (Lipinski definition) is 1. The summed E-state index contributed by atoms with van der Waals surface area (Å²) in [5.74, 6) is 0.376. The predicted molar refractivity (Wildman–Crippen MR) is 83.7 cm³/mol. The van der Waals surface area contributed by atoms with Crippen LogP contribution in [0.1, 0.15) is 29.7 Å². The summed E-state index contributed by atoms with van der Waals surface area (Å²) in [7, 11) is 0. The van der Waals surface area contributed by atoms with Crippen molar-refractivity contribution in [2.45, 2.75) is 42.5 Å². The Bertz CT molecular complexity index is 729. The number of thiophene rings is 1. The van der Waals surface area contributed by atoms with Gasteiger partial charge in [0.15, 0.2) is 5.16 Å². The highest BCUT2D eigenvalue weighted by molar-refractivity contribution is 8.00. The van der Waals surface area contributed by atoms with Crippen molar-refractivity contribution in [2.24, 2.45) is 0 Å². The molecule has 0 amide bonds. The predicted octanol–water partition coefficient (Wildman–Crippen LogP) is 2.56. The standard InChI is InChI=1S/C14H15N3O2S2/c15-11-10-7-3-1-2-4-8(7)20-12(10)17-14(16-11)21-9-5-6-19-13(9)18/h9H,1-6H2,(H2,15,16,17)/t9-/m0/s1. The van der Waals surface area contributed by atoms with Gasteiger partial charge in [-0.05, 0) is 31.2 Å². The highest BCUT2D eigenvalue weighted by Gasteiger charge is 2.29. The Balaban J connectivity index is 1.73. The van der Waals surface area contributed by atoms with Gasteiger partial charge in [0.05, 0.1) is 12.0 Å². The number of nitrogens with two attached hydrogens (primary N) is 1. The normalized spacial score (nSPS) is 21.5. The van der Waals surface area contributed by atoms with E-state index in [9.17, 15) is 4.79 Å². The number of carbonyl (C=O) groups excluding carboxylic acids is 1. The second kappa shape index (κ2) is 5.14. The Kier molecular flexibility index (Phi) is 3.26. The van der Waals surface area contributed by atoms with Crippen LogP contribution in [0.25, 0.3) is 10.2 Å². The van der Waals surface area contributed by atoms with Gasteiger partial charge in [-0.25, -0.2) is 9.97 Å². The molecule has 0 saturated carbocycles. The van der Waals surface area contributed by atoms with Crippen molar-refractivity contribution in [1.29, 1.82) is 0 Å². The molecule has 1 saturated heterocycles. The molecule has 0 radical (unpaired) electrons. The molecule has 110 valence electrons. The van der Waals surface area contributed by atoms with Gasteiger partial charge in [0.25, 0.3) is 0 Å². The van der Waals surface area contributed by atoms with Crippen LogP contribution >= 0.6 is 23.1 Å². The maximum atomic E-state index is 11.6. The number of rotatable bonds is 2. The largest absolute Gasteiger partial charge is 0.465 e. The van der Waals surface area contributed by atoms with Gasteiger partial charge in [0.2, 0.25) is 0 Å². The SMILES string of the molecule is Nc1nc(S[C@H]2CCOC2=O)nc2sc3c(c12)CCCC3. The number of esters is 1. The number of nitrogens with zero attached hydrogens (tertiary/aromatic N) is 2. The van der Waals surface area contributed by atoms with Crippen LogP contribution in [0.4, 0.5) is 5.82 Å². The molecule has 0 aromatic carbocycles. The summed E-state index contributed by atoms with van der Waals surface area (Å²) in [5.41, 5.74) is 7.50. The highest BCUT2D eigenvalue weighted by Crippen LogP contribution is 2.39. The van der Waals surface area contributed by atoms with E-state index < -0.39 is 0 Å². The average molecular weight is 321 g/mol. The summed E-state index contributed by atoms with van der Waals surface area (Å²) < 4.78 is 4.98. The van der Waals surface area contributed by atoms with Crippen molar-refractivity contribution in [2.75, 3.05) is 12.3 Å². The smallest absolute Gasteiger partial charge is 0.319 e. The van der Waals surface area contributed by atoms with Crippen LogP contribution in [0.15, 0.2) is 5.16 Å². The van der Waals surface area contributed by atoms with Gasteiger partial charge in [-0.15, -0.1) is 11.3 Å². The fourth-order valence-electron chi connectivity index (χ4n) is 2.93. The van der Waals surface area contributed by atoms with Crippen molar-refractivity contribution in [3.05, 3.63) is 10.4 Å². The van der Waals surface area contributed by atoms with Gasteiger partial charge >= 0.3 is 5.97 Å². The number of thioether (sulfide) groups is 1. The second-order valence-electron chi connectivity index (χ2n) is 5.35. The summed E-state index contributed by atoms with van der Waals surface area (Å²) in [6.07, 6.45) is 5.36. The lowest BCUT2D eigenvalue weighted by molar-refractivity contribution is -0.137.